The zero-order valence-electron chi connectivity index (χ0n) is 7.14. The normalized spacial score (nSPS) is 9.85. The van der Waals surface area contributed by atoms with Crippen molar-refractivity contribution in [3.8, 4) is 0 Å². The molecule has 72 valence electrons. The summed E-state index contributed by atoms with van der Waals surface area (Å²) >= 11 is 3.40. The Morgan fingerprint density at radius 1 is 1.62 bits per heavy atom. The first kappa shape index (κ1) is 10.3. The third-order valence-electron chi connectivity index (χ3n) is 1.26. The molecule has 1 aromatic rings. The molecule has 0 spiro atoms. The van der Waals surface area contributed by atoms with Gasteiger partial charge in [0.15, 0.2) is 5.96 Å². The largest absolute Gasteiger partial charge is 0.370 e. The lowest BCUT2D eigenvalue weighted by molar-refractivity contribution is 1.12. The number of thiazole rings is 1. The van der Waals surface area contributed by atoms with Crippen LogP contribution in [-0.2, 0) is 5.75 Å². The summed E-state index contributed by atoms with van der Waals surface area (Å²) in [6, 6.07) is 0. The minimum atomic E-state index is 0.161. The van der Waals surface area contributed by atoms with Crippen LogP contribution in [-0.4, -0.2) is 23.2 Å². The van der Waals surface area contributed by atoms with Crippen molar-refractivity contribution in [2.24, 2.45) is 16.5 Å². The predicted octanol–water partition coefficient (Wildman–Crippen LogP) is 0.650. The number of guanidine groups is 1. The molecule has 0 fully saturated rings. The topological polar surface area (TPSA) is 77.3 Å². The van der Waals surface area contributed by atoms with Gasteiger partial charge >= 0.3 is 0 Å². The van der Waals surface area contributed by atoms with E-state index >= 15 is 0 Å². The van der Waals surface area contributed by atoms with Gasteiger partial charge in [0.2, 0.25) is 0 Å². The van der Waals surface area contributed by atoms with Crippen molar-refractivity contribution in [3.63, 3.8) is 0 Å². The number of hydrogen-bond donors (Lipinski definition) is 2. The van der Waals surface area contributed by atoms with Gasteiger partial charge in [-0.25, -0.2) is 4.98 Å². The zero-order chi connectivity index (χ0) is 9.52. The molecule has 0 amide bonds. The summed E-state index contributed by atoms with van der Waals surface area (Å²) in [5, 5.41) is 2.05. The Kier molecular flexibility index (Phi) is 4.63. The van der Waals surface area contributed by atoms with Crippen LogP contribution in [0.2, 0.25) is 0 Å². The van der Waals surface area contributed by atoms with E-state index < -0.39 is 0 Å². The molecule has 4 N–H and O–H groups in total. The molecule has 0 aliphatic rings. The first-order valence-corrected chi connectivity index (χ1v) is 5.89. The lowest BCUT2D eigenvalue weighted by atomic mass is 10.6. The molecule has 0 unspecified atom stereocenters. The second-order valence-electron chi connectivity index (χ2n) is 2.34. The van der Waals surface area contributed by atoms with Gasteiger partial charge in [0.05, 0.1) is 17.7 Å². The summed E-state index contributed by atoms with van der Waals surface area (Å²) in [5.41, 5.74) is 13.3. The maximum Gasteiger partial charge on any atom is 0.185 e. The number of thioether (sulfide) groups is 1. The van der Waals surface area contributed by atoms with Crippen molar-refractivity contribution >= 4 is 29.1 Å². The van der Waals surface area contributed by atoms with E-state index in [0.717, 1.165) is 17.2 Å². The maximum absolute atomic E-state index is 5.18. The van der Waals surface area contributed by atoms with E-state index in [9.17, 15) is 0 Å². The van der Waals surface area contributed by atoms with E-state index in [1.165, 1.54) is 0 Å². The molecule has 6 heteroatoms. The molecule has 0 bridgehead atoms. The fourth-order valence-corrected chi connectivity index (χ4v) is 2.12. The molecule has 13 heavy (non-hydrogen) atoms. The van der Waals surface area contributed by atoms with Crippen LogP contribution in [0.3, 0.4) is 0 Å². The summed E-state index contributed by atoms with van der Waals surface area (Å²) < 4.78 is 0. The summed E-state index contributed by atoms with van der Waals surface area (Å²) in [6.45, 7) is 0.678. The van der Waals surface area contributed by atoms with Crippen molar-refractivity contribution in [2.45, 2.75) is 5.75 Å². The molecule has 0 saturated carbocycles. The van der Waals surface area contributed by atoms with Gasteiger partial charge in [-0.05, 0) is 0 Å². The Bertz CT molecular complexity index is 253. The van der Waals surface area contributed by atoms with Crippen molar-refractivity contribution in [1.29, 1.82) is 0 Å². The minimum Gasteiger partial charge on any atom is -0.370 e. The Labute approximate surface area is 85.4 Å². The summed E-state index contributed by atoms with van der Waals surface area (Å²) in [6.07, 6.45) is 0. The summed E-state index contributed by atoms with van der Waals surface area (Å²) in [4.78, 5) is 8.04. The SMILES string of the molecule is NC(N)=NCCSCc1cscn1. The standard InChI is InChI=1S/C7H12N4S2/c8-7(9)10-1-2-12-3-6-4-13-5-11-6/h4-5H,1-3H2,(H4,8,9,10). The molecule has 0 radical (unpaired) electrons. The molecule has 0 aliphatic carbocycles. The van der Waals surface area contributed by atoms with Gasteiger partial charge in [0.25, 0.3) is 0 Å². The van der Waals surface area contributed by atoms with E-state index in [0.29, 0.717) is 6.54 Å². The van der Waals surface area contributed by atoms with Gasteiger partial charge in [0, 0.05) is 16.9 Å². The predicted molar refractivity (Wildman–Crippen MR) is 59.0 cm³/mol. The van der Waals surface area contributed by atoms with Gasteiger partial charge in [-0.2, -0.15) is 11.8 Å². The van der Waals surface area contributed by atoms with E-state index in [-0.39, 0.29) is 5.96 Å². The van der Waals surface area contributed by atoms with E-state index in [1.807, 2.05) is 10.9 Å². The van der Waals surface area contributed by atoms with Gasteiger partial charge in [-0.15, -0.1) is 11.3 Å². The lowest BCUT2D eigenvalue weighted by Gasteiger charge is -1.95. The number of hydrogen-bond acceptors (Lipinski definition) is 4. The average molecular weight is 216 g/mol. The fourth-order valence-electron chi connectivity index (χ4n) is 0.725. The Morgan fingerprint density at radius 3 is 3.08 bits per heavy atom. The number of nitrogens with two attached hydrogens (primary N) is 2. The quantitative estimate of drug-likeness (QED) is 0.430. The smallest absolute Gasteiger partial charge is 0.185 e. The molecule has 1 heterocycles. The second kappa shape index (κ2) is 5.82. The first-order valence-electron chi connectivity index (χ1n) is 3.79. The Balaban J connectivity index is 2.05. The van der Waals surface area contributed by atoms with Crippen LogP contribution in [0.25, 0.3) is 0 Å². The van der Waals surface area contributed by atoms with Gasteiger partial charge < -0.3 is 11.5 Å². The molecule has 0 aliphatic heterocycles. The van der Waals surface area contributed by atoms with Gasteiger partial charge in [0.1, 0.15) is 0 Å². The van der Waals surface area contributed by atoms with Crippen LogP contribution in [0.5, 0.6) is 0 Å². The van der Waals surface area contributed by atoms with Crippen LogP contribution >= 0.6 is 23.1 Å². The highest BCUT2D eigenvalue weighted by atomic mass is 32.2. The van der Waals surface area contributed by atoms with Crippen molar-refractivity contribution in [3.05, 3.63) is 16.6 Å². The zero-order valence-corrected chi connectivity index (χ0v) is 8.77. The van der Waals surface area contributed by atoms with Crippen LogP contribution in [0, 0.1) is 0 Å². The third-order valence-corrected chi connectivity index (χ3v) is 2.87. The highest BCUT2D eigenvalue weighted by Gasteiger charge is 1.94. The molecular weight excluding hydrogens is 204 g/mol. The van der Waals surface area contributed by atoms with Crippen molar-refractivity contribution in [2.75, 3.05) is 12.3 Å². The molecule has 0 saturated heterocycles. The molecule has 1 aromatic heterocycles. The monoisotopic (exact) mass is 216 g/mol. The van der Waals surface area contributed by atoms with Crippen LogP contribution < -0.4 is 11.5 Å². The highest BCUT2D eigenvalue weighted by Crippen LogP contribution is 2.11. The van der Waals surface area contributed by atoms with Crippen molar-refractivity contribution in [1.82, 2.24) is 4.98 Å². The van der Waals surface area contributed by atoms with Crippen molar-refractivity contribution < 1.29 is 0 Å². The molecule has 4 nitrogen and oxygen atoms in total. The third kappa shape index (κ3) is 4.74. The van der Waals surface area contributed by atoms with Gasteiger partial charge in [-0.3, -0.25) is 4.99 Å². The number of rotatable bonds is 5. The summed E-state index contributed by atoms with van der Waals surface area (Å²) in [5.74, 6) is 2.02. The lowest BCUT2D eigenvalue weighted by Crippen LogP contribution is -2.23. The minimum absolute atomic E-state index is 0.161. The maximum atomic E-state index is 5.18. The number of nitrogens with zero attached hydrogens (tertiary/aromatic N) is 2. The number of aliphatic imine (C=N–C) groups is 1. The molecule has 1 rings (SSSR count). The van der Waals surface area contributed by atoms with E-state index in [2.05, 4.69) is 9.98 Å². The fraction of sp³-hybridized carbons (Fsp3) is 0.429. The van der Waals surface area contributed by atoms with Gasteiger partial charge in [-0.1, -0.05) is 0 Å². The Morgan fingerprint density at radius 2 is 2.46 bits per heavy atom. The summed E-state index contributed by atoms with van der Waals surface area (Å²) in [7, 11) is 0. The first-order chi connectivity index (χ1) is 6.29. The molecule has 0 aromatic carbocycles. The average Bonchev–Trinajstić information content (AvgIpc) is 2.55. The van der Waals surface area contributed by atoms with Crippen LogP contribution in [0.4, 0.5) is 0 Å². The van der Waals surface area contributed by atoms with E-state index in [1.54, 1.807) is 23.1 Å². The second-order valence-corrected chi connectivity index (χ2v) is 4.16. The van der Waals surface area contributed by atoms with Crippen LogP contribution in [0.15, 0.2) is 15.9 Å². The Hall–Kier alpha value is -0.750. The van der Waals surface area contributed by atoms with E-state index in [4.69, 9.17) is 11.5 Å². The van der Waals surface area contributed by atoms with Crippen LogP contribution in [0.1, 0.15) is 5.69 Å². The molecular formula is C7H12N4S2. The molecule has 0 atom stereocenters. The highest BCUT2D eigenvalue weighted by molar-refractivity contribution is 7.98. The number of aromatic nitrogens is 1.